The Balaban J connectivity index is 2.10. The van der Waals surface area contributed by atoms with Crippen LogP contribution in [-0.4, -0.2) is 43.4 Å². The molecule has 0 fully saturated rings. The van der Waals surface area contributed by atoms with Gasteiger partial charge in [-0.2, -0.15) is 13.2 Å². The Morgan fingerprint density at radius 3 is 2.57 bits per heavy atom. The highest BCUT2D eigenvalue weighted by Crippen LogP contribution is 2.29. The van der Waals surface area contributed by atoms with Crippen molar-refractivity contribution in [1.82, 2.24) is 15.5 Å². The van der Waals surface area contributed by atoms with Gasteiger partial charge in [0.15, 0.2) is 5.96 Å². The molecule has 0 aliphatic rings. The molecule has 1 heterocycles. The first kappa shape index (κ1) is 23.7. The van der Waals surface area contributed by atoms with Gasteiger partial charge < -0.3 is 15.5 Å². The number of halogens is 3. The SMILES string of the molecule is Cc1ccc(CC(C)NC(=NCc2cccc(C(F)(F)F)c2)NCC(=O)N(C)C)s1. The van der Waals surface area contributed by atoms with E-state index >= 15 is 0 Å². The number of thiophene rings is 1. The van der Waals surface area contributed by atoms with E-state index in [0.717, 1.165) is 18.6 Å². The van der Waals surface area contributed by atoms with Crippen LogP contribution in [0.5, 0.6) is 0 Å². The highest BCUT2D eigenvalue weighted by atomic mass is 32.1. The third-order valence-corrected chi connectivity index (χ3v) is 5.29. The van der Waals surface area contributed by atoms with Crippen molar-refractivity contribution in [3.8, 4) is 0 Å². The molecule has 0 saturated heterocycles. The Hall–Kier alpha value is -2.55. The Morgan fingerprint density at radius 1 is 1.23 bits per heavy atom. The molecule has 0 bridgehead atoms. The molecule has 2 aromatic rings. The van der Waals surface area contributed by atoms with E-state index in [1.54, 1.807) is 31.5 Å². The fourth-order valence-electron chi connectivity index (χ4n) is 2.67. The molecule has 0 aliphatic heterocycles. The average molecular weight is 441 g/mol. The molecule has 1 amide bonds. The number of carbonyl (C=O) groups is 1. The van der Waals surface area contributed by atoms with Crippen LogP contribution in [0.2, 0.25) is 0 Å². The van der Waals surface area contributed by atoms with Crippen molar-refractivity contribution in [2.75, 3.05) is 20.6 Å². The number of amides is 1. The highest BCUT2D eigenvalue weighted by molar-refractivity contribution is 7.11. The van der Waals surface area contributed by atoms with E-state index in [2.05, 4.69) is 27.8 Å². The van der Waals surface area contributed by atoms with Crippen LogP contribution < -0.4 is 10.6 Å². The van der Waals surface area contributed by atoms with Crippen LogP contribution >= 0.6 is 11.3 Å². The first-order valence-electron chi connectivity index (χ1n) is 9.51. The molecular formula is C21H27F3N4OS. The molecule has 1 aromatic heterocycles. The zero-order chi connectivity index (χ0) is 22.3. The van der Waals surface area contributed by atoms with E-state index in [1.807, 2.05) is 13.8 Å². The second-order valence-corrected chi connectivity index (χ2v) is 8.64. The lowest BCUT2D eigenvalue weighted by atomic mass is 10.1. The van der Waals surface area contributed by atoms with Gasteiger partial charge in [-0.25, -0.2) is 4.99 Å². The van der Waals surface area contributed by atoms with Gasteiger partial charge in [-0.1, -0.05) is 12.1 Å². The van der Waals surface area contributed by atoms with Crippen LogP contribution in [0.15, 0.2) is 41.4 Å². The maximum Gasteiger partial charge on any atom is 0.416 e. The van der Waals surface area contributed by atoms with Gasteiger partial charge in [-0.15, -0.1) is 11.3 Å². The first-order valence-corrected chi connectivity index (χ1v) is 10.3. The number of likely N-dealkylation sites (N-methyl/N-ethyl adjacent to an activating group) is 1. The molecule has 0 spiro atoms. The van der Waals surface area contributed by atoms with Crippen molar-refractivity contribution >= 4 is 23.2 Å². The summed E-state index contributed by atoms with van der Waals surface area (Å²) in [7, 11) is 3.30. The largest absolute Gasteiger partial charge is 0.416 e. The van der Waals surface area contributed by atoms with E-state index in [0.29, 0.717) is 11.5 Å². The Bertz CT molecular complexity index is 877. The molecule has 30 heavy (non-hydrogen) atoms. The molecule has 1 atom stereocenters. The summed E-state index contributed by atoms with van der Waals surface area (Å²) in [6.07, 6.45) is -3.63. The Morgan fingerprint density at radius 2 is 1.97 bits per heavy atom. The minimum absolute atomic E-state index is 0.0188. The third-order valence-electron chi connectivity index (χ3n) is 4.27. The lowest BCUT2D eigenvalue weighted by molar-refractivity contribution is -0.137. The number of nitrogens with zero attached hydrogens (tertiary/aromatic N) is 2. The minimum Gasteiger partial charge on any atom is -0.354 e. The van der Waals surface area contributed by atoms with Crippen molar-refractivity contribution in [2.24, 2.45) is 4.99 Å². The molecule has 5 nitrogen and oxygen atoms in total. The topological polar surface area (TPSA) is 56.7 Å². The van der Waals surface area contributed by atoms with Crippen molar-refractivity contribution < 1.29 is 18.0 Å². The van der Waals surface area contributed by atoms with Crippen molar-refractivity contribution in [1.29, 1.82) is 0 Å². The van der Waals surface area contributed by atoms with Gasteiger partial charge in [-0.3, -0.25) is 4.79 Å². The maximum atomic E-state index is 12.9. The summed E-state index contributed by atoms with van der Waals surface area (Å²) >= 11 is 1.71. The second kappa shape index (κ2) is 10.5. The number of benzene rings is 1. The molecule has 1 aromatic carbocycles. The summed E-state index contributed by atoms with van der Waals surface area (Å²) in [4.78, 5) is 20.2. The third kappa shape index (κ3) is 7.70. The van der Waals surface area contributed by atoms with Gasteiger partial charge in [0.2, 0.25) is 5.91 Å². The number of hydrogen-bond acceptors (Lipinski definition) is 3. The van der Waals surface area contributed by atoms with Gasteiger partial charge >= 0.3 is 6.18 Å². The number of alkyl halides is 3. The smallest absolute Gasteiger partial charge is 0.354 e. The van der Waals surface area contributed by atoms with Crippen molar-refractivity contribution in [3.63, 3.8) is 0 Å². The number of hydrogen-bond donors (Lipinski definition) is 2. The fourth-order valence-corrected chi connectivity index (χ4v) is 3.69. The van der Waals surface area contributed by atoms with Crippen LogP contribution in [0.3, 0.4) is 0 Å². The summed E-state index contributed by atoms with van der Waals surface area (Å²) in [5.74, 6) is 0.244. The van der Waals surface area contributed by atoms with Crippen molar-refractivity contribution in [3.05, 3.63) is 57.3 Å². The molecule has 1 unspecified atom stereocenters. The molecule has 2 rings (SSSR count). The summed E-state index contributed by atoms with van der Waals surface area (Å²) < 4.78 is 38.8. The van der Waals surface area contributed by atoms with Crippen LogP contribution in [0.25, 0.3) is 0 Å². The maximum absolute atomic E-state index is 12.9. The predicted octanol–water partition coefficient (Wildman–Crippen LogP) is 3.83. The molecule has 164 valence electrons. The van der Waals surface area contributed by atoms with E-state index in [9.17, 15) is 18.0 Å². The minimum atomic E-state index is -4.40. The lowest BCUT2D eigenvalue weighted by Crippen LogP contribution is -2.46. The summed E-state index contributed by atoms with van der Waals surface area (Å²) in [5, 5.41) is 6.20. The summed E-state index contributed by atoms with van der Waals surface area (Å²) in [6.45, 7) is 4.12. The van der Waals surface area contributed by atoms with Gasteiger partial charge in [0.05, 0.1) is 18.7 Å². The average Bonchev–Trinajstić information content (AvgIpc) is 3.07. The number of nitrogens with one attached hydrogen (secondary N) is 2. The van der Waals surface area contributed by atoms with E-state index in [1.165, 1.54) is 20.7 Å². The number of aryl methyl sites for hydroxylation is 1. The number of carbonyl (C=O) groups excluding carboxylic acids is 1. The quantitative estimate of drug-likeness (QED) is 0.508. The standard InChI is InChI=1S/C21H27F3N4OS/c1-14(10-18-9-8-15(2)30-18)27-20(26-13-19(29)28(3)4)25-12-16-6-5-7-17(11-16)21(22,23)24/h5-9,11,14H,10,12-13H2,1-4H3,(H2,25,26,27). The first-order chi connectivity index (χ1) is 14.0. The van der Waals surface area contributed by atoms with Gasteiger partial charge in [-0.05, 0) is 43.7 Å². The van der Waals surface area contributed by atoms with Gasteiger partial charge in [0, 0.05) is 36.3 Å². The monoisotopic (exact) mass is 440 g/mol. The normalized spacial score (nSPS) is 13.1. The second-order valence-electron chi connectivity index (χ2n) is 7.27. The lowest BCUT2D eigenvalue weighted by Gasteiger charge is -2.19. The van der Waals surface area contributed by atoms with Crippen LogP contribution in [0, 0.1) is 6.92 Å². The van der Waals surface area contributed by atoms with Gasteiger partial charge in [0.1, 0.15) is 0 Å². The van der Waals surface area contributed by atoms with Crippen LogP contribution in [-0.2, 0) is 23.9 Å². The van der Waals surface area contributed by atoms with E-state index < -0.39 is 11.7 Å². The molecule has 0 aliphatic carbocycles. The van der Waals surface area contributed by atoms with Crippen LogP contribution in [0.1, 0.15) is 27.8 Å². The predicted molar refractivity (Wildman–Crippen MR) is 115 cm³/mol. The molecule has 2 N–H and O–H groups in total. The fraction of sp³-hybridized carbons (Fsp3) is 0.429. The highest BCUT2D eigenvalue weighted by Gasteiger charge is 2.30. The molecular weight excluding hydrogens is 413 g/mol. The zero-order valence-electron chi connectivity index (χ0n) is 17.5. The molecule has 0 saturated carbocycles. The van der Waals surface area contributed by atoms with Crippen LogP contribution in [0.4, 0.5) is 13.2 Å². The number of guanidine groups is 1. The number of rotatable bonds is 7. The van der Waals surface area contributed by atoms with E-state index in [4.69, 9.17) is 0 Å². The van der Waals surface area contributed by atoms with Crippen molar-refractivity contribution in [2.45, 2.75) is 39.0 Å². The number of aliphatic imine (C=N–C) groups is 1. The zero-order valence-corrected chi connectivity index (χ0v) is 18.3. The Labute approximate surface area is 179 Å². The molecule has 9 heteroatoms. The summed E-state index contributed by atoms with van der Waals surface area (Å²) in [6, 6.07) is 9.23. The molecule has 0 radical (unpaired) electrons. The Kier molecular flexibility index (Phi) is 8.28. The van der Waals surface area contributed by atoms with Gasteiger partial charge in [0.25, 0.3) is 0 Å². The summed E-state index contributed by atoms with van der Waals surface area (Å²) in [5.41, 5.74) is -0.270. The van der Waals surface area contributed by atoms with E-state index in [-0.39, 0.29) is 25.0 Å².